The molecule has 0 aromatic heterocycles. The van der Waals surface area contributed by atoms with Gasteiger partial charge in [-0.3, -0.25) is 4.79 Å². The molecule has 0 rings (SSSR count). The summed E-state index contributed by atoms with van der Waals surface area (Å²) in [6.07, 6.45) is 0. The van der Waals surface area contributed by atoms with Crippen molar-refractivity contribution < 1.29 is 4.79 Å². The molecular formula is C15H32O. The Morgan fingerprint density at radius 1 is 0.625 bits per heavy atom. The van der Waals surface area contributed by atoms with Crippen LogP contribution < -0.4 is 0 Å². The Balaban J connectivity index is 0. The average Bonchev–Trinajstić information content (AvgIpc) is 2.15. The molecule has 0 aliphatic heterocycles. The molecule has 0 aliphatic rings. The predicted octanol–water partition coefficient (Wildman–Crippen LogP) is 4.80. The Kier molecular flexibility index (Phi) is 9.90. The average molecular weight is 228 g/mol. The lowest BCUT2D eigenvalue weighted by molar-refractivity contribution is -0.124. The van der Waals surface area contributed by atoms with Gasteiger partial charge in [0.05, 0.1) is 0 Å². The second-order valence-electron chi connectivity index (χ2n) is 6.06. The monoisotopic (exact) mass is 228 g/mol. The fourth-order valence-corrected chi connectivity index (χ4v) is 1.44. The van der Waals surface area contributed by atoms with Crippen LogP contribution in [0, 0.1) is 29.6 Å². The number of rotatable bonds is 4. The van der Waals surface area contributed by atoms with Gasteiger partial charge >= 0.3 is 0 Å². The van der Waals surface area contributed by atoms with E-state index in [1.807, 2.05) is 27.7 Å². The minimum absolute atomic E-state index is 0.204. The number of hydrogen-bond acceptors (Lipinski definition) is 1. The Hall–Kier alpha value is -0.330. The normalized spacial score (nSPS) is 11.4. The van der Waals surface area contributed by atoms with Crippen molar-refractivity contribution in [1.82, 2.24) is 0 Å². The summed E-state index contributed by atoms with van der Waals surface area (Å²) in [5.41, 5.74) is 0. The Morgan fingerprint density at radius 3 is 0.875 bits per heavy atom. The zero-order chi connectivity index (χ0) is 13.5. The lowest BCUT2D eigenvalue weighted by atomic mass is 9.88. The summed E-state index contributed by atoms with van der Waals surface area (Å²) >= 11 is 0. The molecular weight excluding hydrogens is 196 g/mol. The molecule has 0 saturated carbocycles. The van der Waals surface area contributed by atoms with E-state index >= 15 is 0 Å². The second kappa shape index (κ2) is 8.78. The molecule has 1 heteroatoms. The van der Waals surface area contributed by atoms with Crippen molar-refractivity contribution in [3.63, 3.8) is 0 Å². The van der Waals surface area contributed by atoms with Crippen molar-refractivity contribution in [2.45, 2.75) is 62.3 Å². The highest BCUT2D eigenvalue weighted by atomic mass is 16.1. The molecule has 98 valence electrons. The highest BCUT2D eigenvalue weighted by molar-refractivity contribution is 5.81. The summed E-state index contributed by atoms with van der Waals surface area (Å²) in [4.78, 5) is 10.8. The van der Waals surface area contributed by atoms with E-state index in [1.165, 1.54) is 0 Å². The minimum Gasteiger partial charge on any atom is -0.299 e. The van der Waals surface area contributed by atoms with Gasteiger partial charge in [-0.15, -0.1) is 0 Å². The third-order valence-electron chi connectivity index (χ3n) is 3.24. The first-order chi connectivity index (χ1) is 7.11. The molecule has 0 bridgehead atoms. The van der Waals surface area contributed by atoms with Gasteiger partial charge in [0.25, 0.3) is 0 Å². The standard InChI is InChI=1S/C8H18.C7H14O/c1-6(2)8(5)7(3)4;1-5(2)7(8)6(3)4/h6-8H,1-5H3;5-6H,1-4H3. The third kappa shape index (κ3) is 8.94. The van der Waals surface area contributed by atoms with Crippen LogP contribution in [0.5, 0.6) is 0 Å². The first-order valence-corrected chi connectivity index (χ1v) is 6.64. The van der Waals surface area contributed by atoms with Crippen LogP contribution in [0.3, 0.4) is 0 Å². The molecule has 0 spiro atoms. The molecule has 0 atom stereocenters. The molecule has 0 aromatic carbocycles. The van der Waals surface area contributed by atoms with Gasteiger partial charge in [0.15, 0.2) is 0 Å². The fourth-order valence-electron chi connectivity index (χ4n) is 1.44. The summed E-state index contributed by atoms with van der Waals surface area (Å²) in [7, 11) is 0. The number of hydrogen-bond donors (Lipinski definition) is 0. The van der Waals surface area contributed by atoms with E-state index in [9.17, 15) is 4.79 Å². The fraction of sp³-hybridized carbons (Fsp3) is 0.933. The summed E-state index contributed by atoms with van der Waals surface area (Å²) in [5, 5.41) is 0. The summed E-state index contributed by atoms with van der Waals surface area (Å²) in [6, 6.07) is 0. The lowest BCUT2D eigenvalue weighted by Gasteiger charge is -2.18. The van der Waals surface area contributed by atoms with E-state index in [2.05, 4.69) is 34.6 Å². The van der Waals surface area contributed by atoms with Gasteiger partial charge in [-0.2, -0.15) is 0 Å². The number of ketones is 1. The smallest absolute Gasteiger partial charge is 0.137 e. The van der Waals surface area contributed by atoms with Crippen LogP contribution >= 0.6 is 0 Å². The predicted molar refractivity (Wildman–Crippen MR) is 73.5 cm³/mol. The van der Waals surface area contributed by atoms with E-state index in [4.69, 9.17) is 0 Å². The highest BCUT2D eigenvalue weighted by Gasteiger charge is 2.10. The maximum atomic E-state index is 10.8. The van der Waals surface area contributed by atoms with E-state index < -0.39 is 0 Å². The van der Waals surface area contributed by atoms with E-state index in [-0.39, 0.29) is 11.8 Å². The molecule has 16 heavy (non-hydrogen) atoms. The van der Waals surface area contributed by atoms with E-state index in [1.54, 1.807) is 0 Å². The van der Waals surface area contributed by atoms with Crippen LogP contribution in [0.25, 0.3) is 0 Å². The van der Waals surface area contributed by atoms with Gasteiger partial charge in [0, 0.05) is 11.8 Å². The van der Waals surface area contributed by atoms with Crippen LogP contribution in [0.4, 0.5) is 0 Å². The lowest BCUT2D eigenvalue weighted by Crippen LogP contribution is -2.13. The minimum atomic E-state index is 0.204. The molecule has 0 saturated heterocycles. The van der Waals surface area contributed by atoms with Crippen LogP contribution in [0.1, 0.15) is 62.3 Å². The van der Waals surface area contributed by atoms with E-state index in [0.717, 1.165) is 17.8 Å². The van der Waals surface area contributed by atoms with Crippen LogP contribution in [-0.4, -0.2) is 5.78 Å². The summed E-state index contributed by atoms with van der Waals surface area (Å²) in [5.74, 6) is 3.31. The number of carbonyl (C=O) groups is 1. The second-order valence-corrected chi connectivity index (χ2v) is 6.06. The van der Waals surface area contributed by atoms with Gasteiger partial charge in [-0.05, 0) is 17.8 Å². The maximum Gasteiger partial charge on any atom is 0.137 e. The molecule has 0 unspecified atom stereocenters. The Bertz CT molecular complexity index is 160. The summed E-state index contributed by atoms with van der Waals surface area (Å²) in [6.45, 7) is 19.2. The van der Waals surface area contributed by atoms with Gasteiger partial charge in [-0.25, -0.2) is 0 Å². The van der Waals surface area contributed by atoms with E-state index in [0.29, 0.717) is 5.78 Å². The summed E-state index contributed by atoms with van der Waals surface area (Å²) < 4.78 is 0. The SMILES string of the molecule is CC(C)C(=O)C(C)C.CC(C)C(C)C(C)C. The molecule has 0 aliphatic carbocycles. The van der Waals surface area contributed by atoms with Crippen molar-refractivity contribution in [1.29, 1.82) is 0 Å². The van der Waals surface area contributed by atoms with Gasteiger partial charge in [-0.1, -0.05) is 62.3 Å². The molecule has 0 fully saturated rings. The van der Waals surface area contributed by atoms with Crippen LogP contribution in [0.15, 0.2) is 0 Å². The van der Waals surface area contributed by atoms with Gasteiger partial charge < -0.3 is 0 Å². The molecule has 0 radical (unpaired) electrons. The number of Topliss-reactive ketones (excluding diaryl/α,β-unsaturated/α-hetero) is 1. The van der Waals surface area contributed by atoms with Crippen molar-refractivity contribution in [3.8, 4) is 0 Å². The van der Waals surface area contributed by atoms with Crippen molar-refractivity contribution in [2.24, 2.45) is 29.6 Å². The van der Waals surface area contributed by atoms with Gasteiger partial charge in [0.2, 0.25) is 0 Å². The van der Waals surface area contributed by atoms with Gasteiger partial charge in [0.1, 0.15) is 5.78 Å². The van der Waals surface area contributed by atoms with Crippen molar-refractivity contribution in [3.05, 3.63) is 0 Å². The molecule has 0 amide bonds. The van der Waals surface area contributed by atoms with Crippen molar-refractivity contribution in [2.75, 3.05) is 0 Å². The Morgan fingerprint density at radius 2 is 0.875 bits per heavy atom. The zero-order valence-electron chi connectivity index (χ0n) is 12.8. The zero-order valence-corrected chi connectivity index (χ0v) is 12.8. The first kappa shape index (κ1) is 18.0. The molecule has 0 aromatic rings. The van der Waals surface area contributed by atoms with Crippen molar-refractivity contribution >= 4 is 5.78 Å². The largest absolute Gasteiger partial charge is 0.299 e. The number of carbonyl (C=O) groups excluding carboxylic acids is 1. The Labute approximate surface area is 103 Å². The topological polar surface area (TPSA) is 17.1 Å². The maximum absolute atomic E-state index is 10.8. The molecule has 1 nitrogen and oxygen atoms in total. The van der Waals surface area contributed by atoms with Crippen LogP contribution in [0.2, 0.25) is 0 Å². The molecule has 0 N–H and O–H groups in total. The third-order valence-corrected chi connectivity index (χ3v) is 3.24. The highest BCUT2D eigenvalue weighted by Crippen LogP contribution is 2.18. The molecule has 0 heterocycles. The quantitative estimate of drug-likeness (QED) is 0.675. The first-order valence-electron chi connectivity index (χ1n) is 6.64. The van der Waals surface area contributed by atoms with Crippen LogP contribution in [-0.2, 0) is 4.79 Å².